The molecule has 0 aliphatic carbocycles. The van der Waals surface area contributed by atoms with Gasteiger partial charge in [0, 0.05) is 44.9 Å². The molecule has 26 heavy (non-hydrogen) atoms. The Kier molecular flexibility index (Phi) is 6.01. The van der Waals surface area contributed by atoms with E-state index in [0.29, 0.717) is 19.6 Å². The molecule has 1 aromatic rings. The summed E-state index contributed by atoms with van der Waals surface area (Å²) in [6.07, 6.45) is 0.0870. The Labute approximate surface area is 154 Å². The molecule has 3 rings (SSSR count). The molecule has 0 spiro atoms. The summed E-state index contributed by atoms with van der Waals surface area (Å²) in [5, 5.41) is 12.6. The molecular formula is C19H28N2O5. The maximum Gasteiger partial charge on any atom is 0.222 e. The van der Waals surface area contributed by atoms with Gasteiger partial charge < -0.3 is 29.5 Å². The number of nitrogens with zero attached hydrogens (tertiary/aromatic N) is 1. The van der Waals surface area contributed by atoms with Gasteiger partial charge in [0.25, 0.3) is 0 Å². The summed E-state index contributed by atoms with van der Waals surface area (Å²) in [5.74, 6) is 0.897. The minimum Gasteiger partial charge on any atom is -0.487 e. The van der Waals surface area contributed by atoms with Crippen molar-refractivity contribution >= 4 is 11.6 Å². The third kappa shape index (κ3) is 3.95. The monoisotopic (exact) mass is 364 g/mol. The third-order valence-corrected chi connectivity index (χ3v) is 5.04. The molecule has 0 saturated carbocycles. The van der Waals surface area contributed by atoms with Crippen LogP contribution >= 0.6 is 0 Å². The van der Waals surface area contributed by atoms with Gasteiger partial charge in [0.05, 0.1) is 25.7 Å². The Morgan fingerprint density at radius 1 is 1.42 bits per heavy atom. The number of carbonyl (C=O) groups excluding carboxylic acids is 1. The van der Waals surface area contributed by atoms with Crippen LogP contribution in [0.5, 0.6) is 5.75 Å². The van der Waals surface area contributed by atoms with E-state index in [1.165, 1.54) is 0 Å². The van der Waals surface area contributed by atoms with Crippen LogP contribution in [0, 0.1) is 0 Å². The molecule has 1 aromatic carbocycles. The highest BCUT2D eigenvalue weighted by molar-refractivity contribution is 5.76. The predicted octanol–water partition coefficient (Wildman–Crippen LogP) is 0.900. The maximum absolute atomic E-state index is 12.1. The molecule has 144 valence electrons. The molecule has 7 nitrogen and oxygen atoms in total. The lowest BCUT2D eigenvalue weighted by Gasteiger charge is -2.37. The van der Waals surface area contributed by atoms with Crippen molar-refractivity contribution in [1.29, 1.82) is 0 Å². The summed E-state index contributed by atoms with van der Waals surface area (Å²) in [4.78, 5) is 14.2. The number of benzene rings is 1. The highest BCUT2D eigenvalue weighted by atomic mass is 16.6. The summed E-state index contributed by atoms with van der Waals surface area (Å²) in [7, 11) is 5.60. The molecule has 0 unspecified atom stereocenters. The van der Waals surface area contributed by atoms with E-state index in [1.54, 1.807) is 7.11 Å². The smallest absolute Gasteiger partial charge is 0.222 e. The fourth-order valence-corrected chi connectivity index (χ4v) is 3.73. The van der Waals surface area contributed by atoms with E-state index in [2.05, 4.69) is 16.3 Å². The number of fused-ring (bicyclic) bond motifs is 3. The average molecular weight is 364 g/mol. The first-order chi connectivity index (χ1) is 12.5. The van der Waals surface area contributed by atoms with E-state index in [1.807, 2.05) is 26.2 Å². The van der Waals surface area contributed by atoms with Crippen molar-refractivity contribution in [3.8, 4) is 5.75 Å². The molecule has 2 aliphatic rings. The molecule has 2 aliphatic heterocycles. The molecule has 2 heterocycles. The van der Waals surface area contributed by atoms with Crippen molar-refractivity contribution in [3.63, 3.8) is 0 Å². The fraction of sp³-hybridized carbons (Fsp3) is 0.632. The van der Waals surface area contributed by atoms with Gasteiger partial charge in [-0.15, -0.1) is 0 Å². The average Bonchev–Trinajstić information content (AvgIpc) is 2.99. The van der Waals surface area contributed by atoms with Gasteiger partial charge in [-0.05, 0) is 24.6 Å². The van der Waals surface area contributed by atoms with Crippen molar-refractivity contribution in [1.82, 2.24) is 5.32 Å². The number of nitrogens with one attached hydrogen (secondary N) is 1. The molecule has 0 bridgehead atoms. The minimum atomic E-state index is -0.430. The van der Waals surface area contributed by atoms with Gasteiger partial charge in [0.15, 0.2) is 0 Å². The van der Waals surface area contributed by atoms with E-state index in [4.69, 9.17) is 14.2 Å². The molecule has 0 radical (unpaired) electrons. The number of rotatable bonds is 7. The maximum atomic E-state index is 12.1. The first kappa shape index (κ1) is 18.9. The number of aliphatic hydroxyl groups excluding tert-OH is 1. The number of ether oxygens (including phenoxy) is 3. The van der Waals surface area contributed by atoms with Crippen LogP contribution in [-0.4, -0.2) is 70.3 Å². The fourth-order valence-electron chi connectivity index (χ4n) is 3.73. The Hall–Kier alpha value is -1.83. The first-order valence-electron chi connectivity index (χ1n) is 9.03. The molecular weight excluding hydrogens is 336 g/mol. The van der Waals surface area contributed by atoms with E-state index in [0.717, 1.165) is 17.0 Å². The predicted molar refractivity (Wildman–Crippen MR) is 97.8 cm³/mol. The van der Waals surface area contributed by atoms with Gasteiger partial charge in [-0.3, -0.25) is 4.79 Å². The van der Waals surface area contributed by atoms with E-state index in [-0.39, 0.29) is 37.1 Å². The third-order valence-electron chi connectivity index (χ3n) is 5.04. The van der Waals surface area contributed by atoms with Gasteiger partial charge >= 0.3 is 0 Å². The number of methoxy groups -OCH3 is 1. The topological polar surface area (TPSA) is 80.3 Å². The lowest BCUT2D eigenvalue weighted by Crippen LogP contribution is -2.47. The van der Waals surface area contributed by atoms with Crippen molar-refractivity contribution in [2.75, 3.05) is 45.9 Å². The second-order valence-electron chi connectivity index (χ2n) is 7.07. The standard InChI is InChI=1S/C19H28N2O5/c1-21(2)12-4-5-16-14(8-12)15-9-13(10-18(23)20-6-7-24-3)25-17(11-22)19(15)26-16/h4-5,8,13,15,17,19,22H,6-7,9-11H2,1-3H3,(H,20,23)/t13-,15+,17-,19-/m1/s1. The lowest BCUT2D eigenvalue weighted by atomic mass is 9.84. The highest BCUT2D eigenvalue weighted by Gasteiger charge is 2.46. The Morgan fingerprint density at radius 3 is 2.92 bits per heavy atom. The number of hydrogen-bond donors (Lipinski definition) is 2. The largest absolute Gasteiger partial charge is 0.487 e. The molecule has 1 amide bonds. The van der Waals surface area contributed by atoms with Crippen molar-refractivity contribution < 1.29 is 24.1 Å². The molecule has 2 N–H and O–H groups in total. The van der Waals surface area contributed by atoms with Crippen LogP contribution in [0.25, 0.3) is 0 Å². The zero-order valence-electron chi connectivity index (χ0n) is 15.6. The van der Waals surface area contributed by atoms with Gasteiger partial charge in [0.2, 0.25) is 5.91 Å². The van der Waals surface area contributed by atoms with Gasteiger partial charge in [0.1, 0.15) is 18.0 Å². The van der Waals surface area contributed by atoms with Crippen molar-refractivity contribution in [2.45, 2.75) is 37.1 Å². The Bertz CT molecular complexity index is 636. The zero-order valence-corrected chi connectivity index (χ0v) is 15.6. The molecule has 1 fully saturated rings. The molecule has 7 heteroatoms. The summed E-state index contributed by atoms with van der Waals surface area (Å²) >= 11 is 0. The van der Waals surface area contributed by atoms with Gasteiger partial charge in [-0.25, -0.2) is 0 Å². The molecule has 0 aromatic heterocycles. The zero-order chi connectivity index (χ0) is 18.7. The Balaban J connectivity index is 1.72. The Morgan fingerprint density at radius 2 is 2.23 bits per heavy atom. The summed E-state index contributed by atoms with van der Waals surface area (Å²) < 4.78 is 17.0. The lowest BCUT2D eigenvalue weighted by molar-refractivity contribution is -0.142. The molecule has 4 atom stereocenters. The summed E-state index contributed by atoms with van der Waals surface area (Å²) in [5.41, 5.74) is 2.24. The SMILES string of the molecule is COCCNC(=O)C[C@H]1C[C@H]2c3cc(N(C)C)ccc3O[C@H]2[C@@H](CO)O1. The van der Waals surface area contributed by atoms with Crippen LogP contribution < -0.4 is 15.0 Å². The van der Waals surface area contributed by atoms with Crippen LogP contribution in [0.2, 0.25) is 0 Å². The van der Waals surface area contributed by atoms with E-state index < -0.39 is 6.10 Å². The summed E-state index contributed by atoms with van der Waals surface area (Å²) in [6.45, 7) is 0.836. The molecule has 1 saturated heterocycles. The van der Waals surface area contributed by atoms with Crippen LogP contribution in [-0.2, 0) is 14.3 Å². The van der Waals surface area contributed by atoms with Crippen molar-refractivity contribution in [2.24, 2.45) is 0 Å². The number of hydrogen-bond acceptors (Lipinski definition) is 6. The van der Waals surface area contributed by atoms with Crippen LogP contribution in [0.4, 0.5) is 5.69 Å². The quantitative estimate of drug-likeness (QED) is 0.700. The highest BCUT2D eigenvalue weighted by Crippen LogP contribution is 2.47. The van der Waals surface area contributed by atoms with Crippen LogP contribution in [0.1, 0.15) is 24.3 Å². The van der Waals surface area contributed by atoms with Crippen LogP contribution in [0.15, 0.2) is 18.2 Å². The van der Waals surface area contributed by atoms with Crippen molar-refractivity contribution in [3.05, 3.63) is 23.8 Å². The number of amides is 1. The first-order valence-corrected chi connectivity index (χ1v) is 9.03. The number of carbonyl (C=O) groups is 1. The second kappa shape index (κ2) is 8.24. The van der Waals surface area contributed by atoms with Gasteiger partial charge in [-0.2, -0.15) is 0 Å². The normalized spacial score (nSPS) is 26.6. The van der Waals surface area contributed by atoms with E-state index in [9.17, 15) is 9.90 Å². The van der Waals surface area contributed by atoms with Gasteiger partial charge in [-0.1, -0.05) is 0 Å². The number of aliphatic hydroxyl groups is 1. The number of anilines is 1. The second-order valence-corrected chi connectivity index (χ2v) is 7.07. The minimum absolute atomic E-state index is 0.0663. The van der Waals surface area contributed by atoms with E-state index >= 15 is 0 Å². The van der Waals surface area contributed by atoms with Crippen LogP contribution in [0.3, 0.4) is 0 Å². The summed E-state index contributed by atoms with van der Waals surface area (Å²) in [6, 6.07) is 6.13.